The van der Waals surface area contributed by atoms with Crippen LogP contribution in [-0.4, -0.2) is 60.1 Å². The molecule has 32 heavy (non-hydrogen) atoms. The van der Waals surface area contributed by atoms with E-state index in [0.717, 1.165) is 5.69 Å². The highest BCUT2D eigenvalue weighted by atomic mass is 35.5. The van der Waals surface area contributed by atoms with Crippen LogP contribution in [0, 0.1) is 0 Å². The number of amides is 1. The number of para-hydroxylation sites is 1. The second-order valence-corrected chi connectivity index (χ2v) is 9.14. The zero-order valence-electron chi connectivity index (χ0n) is 18.5. The van der Waals surface area contributed by atoms with E-state index >= 15 is 0 Å². The molecular weight excluding hydrogens is 432 g/mol. The summed E-state index contributed by atoms with van der Waals surface area (Å²) < 4.78 is 11.6. The number of aliphatic imine (C=N–C) groups is 1. The third-order valence-corrected chi connectivity index (χ3v) is 5.30. The van der Waals surface area contributed by atoms with Gasteiger partial charge in [-0.05, 0) is 45.0 Å². The second-order valence-electron chi connectivity index (χ2n) is 8.70. The van der Waals surface area contributed by atoms with Gasteiger partial charge in [0.1, 0.15) is 23.3 Å². The molecule has 0 radical (unpaired) electrons. The molecule has 2 aliphatic heterocycles. The van der Waals surface area contributed by atoms with Crippen LogP contribution >= 0.6 is 11.6 Å². The van der Waals surface area contributed by atoms with Gasteiger partial charge in [-0.1, -0.05) is 29.8 Å². The fourth-order valence-corrected chi connectivity index (χ4v) is 3.87. The summed E-state index contributed by atoms with van der Waals surface area (Å²) in [5.41, 5.74) is 1.60. The molecule has 1 fully saturated rings. The van der Waals surface area contributed by atoms with E-state index in [1.165, 1.54) is 0 Å². The van der Waals surface area contributed by atoms with Gasteiger partial charge in [0.25, 0.3) is 0 Å². The lowest BCUT2D eigenvalue weighted by Crippen LogP contribution is -2.57. The predicted octanol–water partition coefficient (Wildman–Crippen LogP) is 3.73. The number of carbonyl (C=O) groups is 1. The van der Waals surface area contributed by atoms with Gasteiger partial charge in [-0.25, -0.2) is 9.79 Å². The van der Waals surface area contributed by atoms with Gasteiger partial charge >= 0.3 is 6.09 Å². The second kappa shape index (κ2) is 8.52. The van der Waals surface area contributed by atoms with E-state index in [0.29, 0.717) is 40.9 Å². The molecule has 1 atom stereocenters. The first-order valence-corrected chi connectivity index (χ1v) is 10.8. The average Bonchev–Trinajstić information content (AvgIpc) is 2.68. The van der Waals surface area contributed by atoms with Crippen LogP contribution in [0.1, 0.15) is 26.3 Å². The third kappa shape index (κ3) is 4.47. The van der Waals surface area contributed by atoms with Crippen LogP contribution in [0.3, 0.4) is 0 Å². The molecule has 1 amide bonds. The highest BCUT2D eigenvalue weighted by Gasteiger charge is 2.37. The molecule has 0 aromatic heterocycles. The fraction of sp³-hybridized carbons (Fsp3) is 0.391. The van der Waals surface area contributed by atoms with Gasteiger partial charge in [-0.2, -0.15) is 0 Å². The number of nitrogens with zero attached hydrogens (tertiary/aromatic N) is 3. The molecule has 1 saturated heterocycles. The Bertz CT molecular complexity index is 1030. The van der Waals surface area contributed by atoms with E-state index in [2.05, 4.69) is 10.3 Å². The van der Waals surface area contributed by atoms with E-state index in [-0.39, 0.29) is 12.2 Å². The third-order valence-electron chi connectivity index (χ3n) is 5.08. The molecule has 8 nitrogen and oxygen atoms in total. The topological polar surface area (TPSA) is 86.6 Å². The Balaban J connectivity index is 1.61. The summed E-state index contributed by atoms with van der Waals surface area (Å²) in [5, 5.41) is 14.2. The van der Waals surface area contributed by atoms with Crippen molar-refractivity contribution in [1.82, 2.24) is 10.2 Å². The maximum atomic E-state index is 12.2. The van der Waals surface area contributed by atoms with Crippen LogP contribution in [-0.2, 0) is 4.74 Å². The van der Waals surface area contributed by atoms with Crippen molar-refractivity contribution in [3.05, 3.63) is 53.1 Å². The molecule has 2 N–H and O–H groups in total. The van der Waals surface area contributed by atoms with E-state index in [4.69, 9.17) is 21.1 Å². The molecule has 0 spiro atoms. The summed E-state index contributed by atoms with van der Waals surface area (Å²) in [4.78, 5) is 19.9. The lowest BCUT2D eigenvalue weighted by atomic mass is 10.1. The Labute approximate surface area is 192 Å². The van der Waals surface area contributed by atoms with Crippen molar-refractivity contribution in [3.63, 3.8) is 0 Å². The highest BCUT2D eigenvalue weighted by molar-refractivity contribution is 6.31. The number of amidine groups is 1. The van der Waals surface area contributed by atoms with Gasteiger partial charge in [0, 0.05) is 17.8 Å². The Morgan fingerprint density at radius 2 is 1.91 bits per heavy atom. The van der Waals surface area contributed by atoms with Crippen LogP contribution in [0.2, 0.25) is 5.02 Å². The predicted molar refractivity (Wildman–Crippen MR) is 124 cm³/mol. The summed E-state index contributed by atoms with van der Waals surface area (Å²) in [6.45, 7) is 6.33. The summed E-state index contributed by atoms with van der Waals surface area (Å²) in [5.74, 6) is 1.02. The van der Waals surface area contributed by atoms with Crippen LogP contribution in [0.5, 0.6) is 5.75 Å². The quantitative estimate of drug-likeness (QED) is 0.728. The van der Waals surface area contributed by atoms with Gasteiger partial charge in [0.15, 0.2) is 0 Å². The largest absolute Gasteiger partial charge is 0.486 e. The van der Waals surface area contributed by atoms with Crippen LogP contribution in [0.15, 0.2) is 47.5 Å². The first-order chi connectivity index (χ1) is 15.2. The van der Waals surface area contributed by atoms with Gasteiger partial charge < -0.3 is 24.8 Å². The molecule has 0 saturated carbocycles. The number of halogens is 1. The van der Waals surface area contributed by atoms with Crippen LogP contribution in [0.25, 0.3) is 0 Å². The summed E-state index contributed by atoms with van der Waals surface area (Å²) in [6, 6.07) is 13.0. The number of hydrogen-bond acceptors (Lipinski definition) is 7. The summed E-state index contributed by atoms with van der Waals surface area (Å²) in [7, 11) is 1.74. The van der Waals surface area contributed by atoms with Gasteiger partial charge in [-0.3, -0.25) is 4.90 Å². The van der Waals surface area contributed by atoms with Crippen molar-refractivity contribution in [2.75, 3.05) is 25.0 Å². The standard InChI is InChI=1S/C23H27ClN4O4/c1-23(2,3)32-22(30)27-12-16(13-27)31-18-11-14(24)10-17-19(18)20(25-4)26-21(29)28(17)15-8-6-5-7-9-15/h5-11,16,21,29H,12-13H2,1-4H3,(H,25,26). The molecule has 2 aromatic rings. The fourth-order valence-electron chi connectivity index (χ4n) is 3.67. The van der Waals surface area contributed by atoms with E-state index in [9.17, 15) is 9.90 Å². The number of fused-ring (bicyclic) bond motifs is 1. The monoisotopic (exact) mass is 458 g/mol. The number of rotatable bonds is 3. The number of nitrogens with one attached hydrogen (secondary N) is 1. The minimum absolute atomic E-state index is 0.208. The lowest BCUT2D eigenvalue weighted by molar-refractivity contribution is -0.0222. The molecule has 2 heterocycles. The minimum Gasteiger partial charge on any atom is -0.486 e. The number of anilines is 2. The Kier molecular flexibility index (Phi) is 5.92. The molecule has 170 valence electrons. The van der Waals surface area contributed by atoms with Gasteiger partial charge in [0.2, 0.25) is 6.35 Å². The Hall–Kier alpha value is -2.97. The van der Waals surface area contributed by atoms with Crippen molar-refractivity contribution in [2.45, 2.75) is 38.8 Å². The number of hydrogen-bond donors (Lipinski definition) is 2. The molecule has 0 aliphatic carbocycles. The molecule has 2 aromatic carbocycles. The molecule has 1 unspecified atom stereocenters. The molecule has 0 bridgehead atoms. The maximum Gasteiger partial charge on any atom is 0.410 e. The van der Waals surface area contributed by atoms with E-state index in [1.54, 1.807) is 29.0 Å². The van der Waals surface area contributed by atoms with Crippen molar-refractivity contribution >= 4 is 34.9 Å². The number of ether oxygens (including phenoxy) is 2. The van der Waals surface area contributed by atoms with Crippen molar-refractivity contribution < 1.29 is 19.4 Å². The summed E-state index contributed by atoms with van der Waals surface area (Å²) in [6.07, 6.45) is -1.69. The van der Waals surface area contributed by atoms with E-state index < -0.39 is 12.0 Å². The number of likely N-dealkylation sites (tertiary alicyclic amines) is 1. The first kappa shape index (κ1) is 22.2. The Morgan fingerprint density at radius 3 is 2.53 bits per heavy atom. The first-order valence-electron chi connectivity index (χ1n) is 10.4. The maximum absolute atomic E-state index is 12.2. The normalized spacial score (nSPS) is 18.4. The molecule has 9 heteroatoms. The van der Waals surface area contributed by atoms with Crippen molar-refractivity contribution in [2.24, 2.45) is 4.99 Å². The smallest absolute Gasteiger partial charge is 0.410 e. The van der Waals surface area contributed by atoms with Crippen molar-refractivity contribution in [1.29, 1.82) is 0 Å². The molecule has 2 aliphatic rings. The minimum atomic E-state index is -1.12. The van der Waals surface area contributed by atoms with E-state index in [1.807, 2.05) is 51.1 Å². The number of benzene rings is 2. The zero-order valence-corrected chi connectivity index (χ0v) is 19.3. The average molecular weight is 459 g/mol. The zero-order chi connectivity index (χ0) is 23.0. The van der Waals surface area contributed by atoms with Crippen LogP contribution in [0.4, 0.5) is 16.2 Å². The van der Waals surface area contributed by atoms with Gasteiger partial charge in [0.05, 0.1) is 24.3 Å². The number of aliphatic hydroxyl groups is 1. The number of carbonyl (C=O) groups excluding carboxylic acids is 1. The number of aliphatic hydroxyl groups excluding tert-OH is 1. The molecular formula is C23H27ClN4O4. The highest BCUT2D eigenvalue weighted by Crippen LogP contribution is 2.41. The van der Waals surface area contributed by atoms with Crippen LogP contribution < -0.4 is 15.0 Å². The SMILES string of the molecule is CNC1=NC(O)N(c2ccccc2)c2cc(Cl)cc(OC3CN(C(=O)OC(C)(C)C)C3)c21. The lowest BCUT2D eigenvalue weighted by Gasteiger charge is -2.40. The van der Waals surface area contributed by atoms with Gasteiger partial charge in [-0.15, -0.1) is 0 Å². The Morgan fingerprint density at radius 1 is 1.22 bits per heavy atom. The van der Waals surface area contributed by atoms with Crippen molar-refractivity contribution in [3.8, 4) is 5.75 Å². The summed E-state index contributed by atoms with van der Waals surface area (Å²) >= 11 is 6.44. The molecule has 4 rings (SSSR count).